The van der Waals surface area contributed by atoms with Gasteiger partial charge in [0.05, 0.1) is 12.7 Å². The number of aldehydes is 1. The normalized spacial score (nSPS) is 11.7. The molecule has 1 unspecified atom stereocenters. The first-order valence-electron chi connectivity index (χ1n) is 5.16. The van der Waals surface area contributed by atoms with E-state index in [2.05, 4.69) is 0 Å². The fourth-order valence-corrected chi connectivity index (χ4v) is 1.19. The Labute approximate surface area is 103 Å². The van der Waals surface area contributed by atoms with Crippen LogP contribution in [0.1, 0.15) is 17.3 Å². The van der Waals surface area contributed by atoms with Gasteiger partial charge in [-0.2, -0.15) is 5.26 Å². The van der Waals surface area contributed by atoms with Gasteiger partial charge in [-0.05, 0) is 19.1 Å². The van der Waals surface area contributed by atoms with E-state index in [0.29, 0.717) is 6.29 Å². The Bertz CT molecular complexity index is 448. The van der Waals surface area contributed by atoms with Crippen LogP contribution in [0.3, 0.4) is 0 Å². The lowest BCUT2D eigenvalue weighted by Crippen LogP contribution is -2.13. The van der Waals surface area contributed by atoms with E-state index in [0.717, 1.165) is 12.1 Å². The van der Waals surface area contributed by atoms with E-state index in [4.69, 9.17) is 14.7 Å². The molecular weight excluding hydrogens is 244 g/mol. The molecule has 4 nitrogen and oxygen atoms in total. The predicted molar refractivity (Wildman–Crippen MR) is 58.3 cm³/mol. The van der Waals surface area contributed by atoms with Crippen molar-refractivity contribution in [2.45, 2.75) is 13.0 Å². The smallest absolute Gasteiger partial charge is 0.190 e. The second-order valence-corrected chi connectivity index (χ2v) is 3.42. The zero-order chi connectivity index (χ0) is 13.5. The van der Waals surface area contributed by atoms with Gasteiger partial charge in [-0.25, -0.2) is 8.78 Å². The van der Waals surface area contributed by atoms with E-state index >= 15 is 0 Å². The van der Waals surface area contributed by atoms with Gasteiger partial charge in [0.2, 0.25) is 0 Å². The molecule has 1 aromatic carbocycles. The van der Waals surface area contributed by atoms with Gasteiger partial charge in [0.1, 0.15) is 19.0 Å². The van der Waals surface area contributed by atoms with Gasteiger partial charge in [0, 0.05) is 5.56 Å². The van der Waals surface area contributed by atoms with Crippen molar-refractivity contribution in [2.24, 2.45) is 0 Å². The summed E-state index contributed by atoms with van der Waals surface area (Å²) < 4.78 is 36.5. The highest BCUT2D eigenvalue weighted by atomic mass is 19.1. The lowest BCUT2D eigenvalue weighted by molar-refractivity contribution is 0.0721. The van der Waals surface area contributed by atoms with Crippen LogP contribution in [0.2, 0.25) is 0 Å². The minimum absolute atomic E-state index is 0.0308. The molecule has 1 atom stereocenters. The number of nitriles is 1. The average Bonchev–Trinajstić information content (AvgIpc) is 2.36. The van der Waals surface area contributed by atoms with E-state index < -0.39 is 23.5 Å². The molecule has 0 aromatic heterocycles. The largest absolute Gasteiger partial charge is 0.485 e. The fraction of sp³-hybridized carbons (Fsp3) is 0.333. The van der Waals surface area contributed by atoms with Crippen molar-refractivity contribution in [2.75, 3.05) is 13.2 Å². The van der Waals surface area contributed by atoms with Crippen molar-refractivity contribution in [3.8, 4) is 11.8 Å². The maximum Gasteiger partial charge on any atom is 0.190 e. The number of halogens is 2. The molecule has 1 rings (SSSR count). The molecular formula is C12H11F2NO3. The van der Waals surface area contributed by atoms with Crippen molar-refractivity contribution in [1.29, 1.82) is 5.26 Å². The van der Waals surface area contributed by atoms with Gasteiger partial charge in [-0.15, -0.1) is 0 Å². The minimum Gasteiger partial charge on any atom is -0.485 e. The highest BCUT2D eigenvalue weighted by molar-refractivity contribution is 5.75. The molecule has 0 heterocycles. The zero-order valence-corrected chi connectivity index (χ0v) is 9.65. The summed E-state index contributed by atoms with van der Waals surface area (Å²) in [5.41, 5.74) is -0.105. The molecule has 0 spiro atoms. The second-order valence-electron chi connectivity index (χ2n) is 3.42. The molecule has 96 valence electrons. The third-order valence-corrected chi connectivity index (χ3v) is 2.04. The molecule has 0 saturated heterocycles. The first-order valence-corrected chi connectivity index (χ1v) is 5.16. The Hall–Kier alpha value is -2.00. The predicted octanol–water partition coefficient (Wildman–Crippen LogP) is 2.08. The quantitative estimate of drug-likeness (QED) is 0.576. The minimum atomic E-state index is -0.953. The van der Waals surface area contributed by atoms with Crippen LogP contribution >= 0.6 is 0 Å². The molecule has 6 heteroatoms. The summed E-state index contributed by atoms with van der Waals surface area (Å²) in [6.07, 6.45) is -0.270. The van der Waals surface area contributed by atoms with Gasteiger partial charge in [-0.3, -0.25) is 4.79 Å². The van der Waals surface area contributed by atoms with E-state index in [-0.39, 0.29) is 18.8 Å². The Morgan fingerprint density at radius 3 is 2.50 bits per heavy atom. The highest BCUT2D eigenvalue weighted by Crippen LogP contribution is 2.22. The van der Waals surface area contributed by atoms with Crippen molar-refractivity contribution in [3.63, 3.8) is 0 Å². The van der Waals surface area contributed by atoms with Crippen LogP contribution in [0.25, 0.3) is 0 Å². The van der Waals surface area contributed by atoms with Gasteiger partial charge in [0.15, 0.2) is 17.4 Å². The summed E-state index contributed by atoms with van der Waals surface area (Å²) in [7, 11) is 0. The van der Waals surface area contributed by atoms with Gasteiger partial charge < -0.3 is 9.47 Å². The summed E-state index contributed by atoms with van der Waals surface area (Å²) in [6, 6.07) is 3.59. The molecule has 0 fully saturated rings. The number of carbonyl (C=O) groups is 1. The molecule has 1 aromatic rings. The first-order chi connectivity index (χ1) is 8.58. The maximum absolute atomic E-state index is 13.3. The standard InChI is InChI=1S/C12H11F2NO3/c1-8(6-15)17-2-3-18-12-10(13)4-9(7-16)5-11(12)14/h4-5,7-8H,2-3H2,1H3. The topological polar surface area (TPSA) is 59.3 Å². The molecule has 0 amide bonds. The first kappa shape index (κ1) is 14.1. The molecule has 0 aliphatic rings. The highest BCUT2D eigenvalue weighted by Gasteiger charge is 2.12. The third-order valence-electron chi connectivity index (χ3n) is 2.04. The summed E-state index contributed by atoms with van der Waals surface area (Å²) in [4.78, 5) is 10.4. The van der Waals surface area contributed by atoms with E-state index in [1.165, 1.54) is 0 Å². The number of hydrogen-bond acceptors (Lipinski definition) is 4. The van der Waals surface area contributed by atoms with E-state index in [1.54, 1.807) is 6.92 Å². The fourth-order valence-electron chi connectivity index (χ4n) is 1.19. The summed E-state index contributed by atoms with van der Waals surface area (Å²) in [5, 5.41) is 8.43. The lowest BCUT2D eigenvalue weighted by atomic mass is 10.2. The molecule has 18 heavy (non-hydrogen) atoms. The number of benzene rings is 1. The number of carbonyl (C=O) groups excluding carboxylic acids is 1. The molecule has 0 aliphatic carbocycles. The molecule has 0 aliphatic heterocycles. The number of ether oxygens (including phenoxy) is 2. The Kier molecular flexibility index (Phi) is 5.21. The van der Waals surface area contributed by atoms with Crippen LogP contribution < -0.4 is 4.74 Å². The van der Waals surface area contributed by atoms with Crippen LogP contribution in [0.5, 0.6) is 5.75 Å². The van der Waals surface area contributed by atoms with Crippen LogP contribution in [-0.4, -0.2) is 25.6 Å². The van der Waals surface area contributed by atoms with Gasteiger partial charge in [0.25, 0.3) is 0 Å². The van der Waals surface area contributed by atoms with Gasteiger partial charge in [-0.1, -0.05) is 0 Å². The number of rotatable bonds is 6. The zero-order valence-electron chi connectivity index (χ0n) is 9.65. The molecule has 0 saturated carbocycles. The van der Waals surface area contributed by atoms with Crippen LogP contribution in [0, 0.1) is 23.0 Å². The van der Waals surface area contributed by atoms with Crippen molar-refractivity contribution in [1.82, 2.24) is 0 Å². The monoisotopic (exact) mass is 255 g/mol. The second kappa shape index (κ2) is 6.67. The molecule has 0 radical (unpaired) electrons. The Morgan fingerprint density at radius 1 is 1.39 bits per heavy atom. The van der Waals surface area contributed by atoms with E-state index in [9.17, 15) is 13.6 Å². The average molecular weight is 255 g/mol. The Balaban J connectivity index is 2.58. The van der Waals surface area contributed by atoms with Crippen LogP contribution in [0.15, 0.2) is 12.1 Å². The number of nitrogens with zero attached hydrogens (tertiary/aromatic N) is 1. The molecule has 0 bridgehead atoms. The third kappa shape index (κ3) is 3.79. The van der Waals surface area contributed by atoms with Crippen LogP contribution in [-0.2, 0) is 4.74 Å². The lowest BCUT2D eigenvalue weighted by Gasteiger charge is -2.09. The summed E-state index contributed by atoms with van der Waals surface area (Å²) in [6.45, 7) is 1.48. The van der Waals surface area contributed by atoms with Crippen molar-refractivity contribution >= 4 is 6.29 Å². The Morgan fingerprint density at radius 2 is 2.00 bits per heavy atom. The van der Waals surface area contributed by atoms with Gasteiger partial charge >= 0.3 is 0 Å². The van der Waals surface area contributed by atoms with Crippen molar-refractivity contribution < 1.29 is 23.0 Å². The number of hydrogen-bond donors (Lipinski definition) is 0. The molecule has 0 N–H and O–H groups in total. The maximum atomic E-state index is 13.3. The van der Waals surface area contributed by atoms with E-state index in [1.807, 2.05) is 6.07 Å². The van der Waals surface area contributed by atoms with Crippen LogP contribution in [0.4, 0.5) is 8.78 Å². The van der Waals surface area contributed by atoms with Crippen molar-refractivity contribution in [3.05, 3.63) is 29.3 Å². The summed E-state index contributed by atoms with van der Waals surface area (Å²) in [5.74, 6) is -2.47. The summed E-state index contributed by atoms with van der Waals surface area (Å²) >= 11 is 0. The SMILES string of the molecule is CC(C#N)OCCOc1c(F)cc(C=O)cc1F.